The van der Waals surface area contributed by atoms with Gasteiger partial charge in [0, 0.05) is 24.0 Å². The predicted molar refractivity (Wildman–Crippen MR) is 106 cm³/mol. The number of halogens is 1. The van der Waals surface area contributed by atoms with Crippen molar-refractivity contribution in [3.8, 4) is 0 Å². The summed E-state index contributed by atoms with van der Waals surface area (Å²) in [6.07, 6.45) is 6.18. The summed E-state index contributed by atoms with van der Waals surface area (Å²) in [5.41, 5.74) is 1.71. The van der Waals surface area contributed by atoms with Crippen LogP contribution in [0.3, 0.4) is 0 Å². The average molecular weight is 400 g/mol. The van der Waals surface area contributed by atoms with E-state index in [2.05, 4.69) is 10.6 Å². The zero-order valence-electron chi connectivity index (χ0n) is 15.5. The van der Waals surface area contributed by atoms with Gasteiger partial charge < -0.3 is 20.0 Å². The SMILES string of the molecule is O=C1Nc2c(Cl)cc3cc(C(=O)N4CC5CC5C4)oc3c2C2(CCCCC2)N1. The molecule has 6 rings (SSSR count). The lowest BCUT2D eigenvalue weighted by molar-refractivity contribution is 0.0746. The molecular formula is C21H22ClN3O3. The number of nitrogens with one attached hydrogen (secondary N) is 2. The summed E-state index contributed by atoms with van der Waals surface area (Å²) in [5.74, 6) is 1.68. The summed E-state index contributed by atoms with van der Waals surface area (Å²) in [6, 6.07) is 3.37. The predicted octanol–water partition coefficient (Wildman–Crippen LogP) is 4.47. The van der Waals surface area contributed by atoms with Gasteiger partial charge in [-0.2, -0.15) is 0 Å². The number of amides is 3. The Hall–Kier alpha value is -2.21. The Morgan fingerprint density at radius 2 is 1.93 bits per heavy atom. The zero-order chi connectivity index (χ0) is 19.0. The van der Waals surface area contributed by atoms with Gasteiger partial charge in [0.15, 0.2) is 5.76 Å². The van der Waals surface area contributed by atoms with E-state index in [1.54, 1.807) is 12.1 Å². The third kappa shape index (κ3) is 2.33. The maximum absolute atomic E-state index is 13.0. The van der Waals surface area contributed by atoms with E-state index in [1.807, 2.05) is 4.90 Å². The number of hydrogen-bond donors (Lipinski definition) is 2. The average Bonchev–Trinajstić information content (AvgIpc) is 3.09. The number of piperidine rings is 1. The molecule has 1 saturated heterocycles. The fourth-order valence-corrected chi connectivity index (χ4v) is 5.77. The van der Waals surface area contributed by atoms with Crippen LogP contribution < -0.4 is 10.6 Å². The number of hydrogen-bond acceptors (Lipinski definition) is 3. The summed E-state index contributed by atoms with van der Waals surface area (Å²) in [7, 11) is 0. The molecule has 146 valence electrons. The fraction of sp³-hybridized carbons (Fsp3) is 0.524. The number of nitrogens with zero attached hydrogens (tertiary/aromatic N) is 1. The van der Waals surface area contributed by atoms with Crippen LogP contribution in [0, 0.1) is 11.8 Å². The van der Waals surface area contributed by atoms with Crippen molar-refractivity contribution in [3.05, 3.63) is 28.5 Å². The van der Waals surface area contributed by atoms with Crippen LogP contribution in [0.2, 0.25) is 5.02 Å². The van der Waals surface area contributed by atoms with E-state index < -0.39 is 5.54 Å². The van der Waals surface area contributed by atoms with Gasteiger partial charge >= 0.3 is 6.03 Å². The molecule has 28 heavy (non-hydrogen) atoms. The molecule has 2 N–H and O–H groups in total. The Labute approximate surface area is 167 Å². The first-order valence-electron chi connectivity index (χ1n) is 10.2. The number of likely N-dealkylation sites (tertiary alicyclic amines) is 1. The van der Waals surface area contributed by atoms with Gasteiger partial charge in [-0.3, -0.25) is 4.79 Å². The molecule has 2 saturated carbocycles. The van der Waals surface area contributed by atoms with Crippen molar-refractivity contribution in [2.24, 2.45) is 11.8 Å². The first-order valence-corrected chi connectivity index (χ1v) is 10.6. The van der Waals surface area contributed by atoms with Crippen molar-refractivity contribution in [2.75, 3.05) is 18.4 Å². The number of carbonyl (C=O) groups is 2. The minimum Gasteiger partial charge on any atom is -0.450 e. The van der Waals surface area contributed by atoms with Crippen LogP contribution in [-0.4, -0.2) is 29.9 Å². The van der Waals surface area contributed by atoms with Gasteiger partial charge in [-0.05, 0) is 43.2 Å². The molecule has 3 heterocycles. The van der Waals surface area contributed by atoms with Gasteiger partial charge in [-0.25, -0.2) is 4.79 Å². The van der Waals surface area contributed by atoms with Gasteiger partial charge in [0.05, 0.1) is 16.2 Å². The van der Waals surface area contributed by atoms with Gasteiger partial charge in [0.25, 0.3) is 5.91 Å². The van der Waals surface area contributed by atoms with Crippen LogP contribution in [0.25, 0.3) is 11.0 Å². The highest BCUT2D eigenvalue weighted by Gasteiger charge is 2.47. The van der Waals surface area contributed by atoms with E-state index >= 15 is 0 Å². The van der Waals surface area contributed by atoms with E-state index in [0.717, 1.165) is 56.1 Å². The van der Waals surface area contributed by atoms with Crippen molar-refractivity contribution < 1.29 is 14.0 Å². The van der Waals surface area contributed by atoms with E-state index in [0.29, 0.717) is 33.9 Å². The molecule has 7 heteroatoms. The number of urea groups is 1. The summed E-state index contributed by atoms with van der Waals surface area (Å²) < 4.78 is 6.17. The number of rotatable bonds is 1. The molecule has 4 aliphatic rings. The van der Waals surface area contributed by atoms with Crippen molar-refractivity contribution >= 4 is 40.2 Å². The molecule has 3 amide bonds. The molecule has 1 aromatic heterocycles. The lowest BCUT2D eigenvalue weighted by Crippen LogP contribution is -2.52. The molecule has 2 aromatic rings. The van der Waals surface area contributed by atoms with E-state index in [-0.39, 0.29) is 11.9 Å². The minimum absolute atomic E-state index is 0.0428. The fourth-order valence-electron chi connectivity index (χ4n) is 5.51. The molecule has 6 nitrogen and oxygen atoms in total. The van der Waals surface area contributed by atoms with Crippen molar-refractivity contribution in [1.29, 1.82) is 0 Å². The second-order valence-corrected chi connectivity index (χ2v) is 9.23. The Kier molecular flexibility index (Phi) is 3.38. The molecule has 3 fully saturated rings. The lowest BCUT2D eigenvalue weighted by atomic mass is 9.74. The van der Waals surface area contributed by atoms with Crippen molar-refractivity contribution in [1.82, 2.24) is 10.2 Å². The molecule has 1 spiro atoms. The summed E-state index contributed by atoms with van der Waals surface area (Å²) in [4.78, 5) is 27.2. The molecule has 2 aliphatic heterocycles. The Balaban J connectivity index is 1.49. The molecule has 2 unspecified atom stereocenters. The minimum atomic E-state index is -0.480. The topological polar surface area (TPSA) is 74.6 Å². The second kappa shape index (κ2) is 5.66. The normalized spacial score (nSPS) is 27.3. The first kappa shape index (κ1) is 16.7. The molecule has 1 aromatic carbocycles. The molecule has 0 bridgehead atoms. The summed E-state index contributed by atoms with van der Waals surface area (Å²) in [6.45, 7) is 1.67. The highest BCUT2D eigenvalue weighted by molar-refractivity contribution is 6.35. The molecule has 2 aliphatic carbocycles. The largest absolute Gasteiger partial charge is 0.450 e. The maximum atomic E-state index is 13.0. The summed E-state index contributed by atoms with van der Waals surface area (Å²) in [5, 5.41) is 7.32. The van der Waals surface area contributed by atoms with E-state index in [9.17, 15) is 9.59 Å². The van der Waals surface area contributed by atoms with Crippen LogP contribution in [0.15, 0.2) is 16.5 Å². The van der Waals surface area contributed by atoms with Crippen molar-refractivity contribution in [3.63, 3.8) is 0 Å². The smallest absolute Gasteiger partial charge is 0.319 e. The quantitative estimate of drug-likeness (QED) is 0.742. The Morgan fingerprint density at radius 3 is 2.68 bits per heavy atom. The van der Waals surface area contributed by atoms with Gasteiger partial charge in [-0.15, -0.1) is 0 Å². The maximum Gasteiger partial charge on any atom is 0.319 e. The van der Waals surface area contributed by atoms with E-state index in [4.69, 9.17) is 16.0 Å². The number of fused-ring (bicyclic) bond motifs is 5. The standard InChI is InChI=1S/C21H22ClN3O3/c22-14-7-11-8-15(19(26)25-9-12-6-13(12)10-25)28-18(11)16-17(14)23-20(27)24-21(16)4-2-1-3-5-21/h7-8,12-13H,1-6,9-10H2,(H2,23,24,27). The molecule has 0 radical (unpaired) electrons. The highest BCUT2D eigenvalue weighted by atomic mass is 35.5. The lowest BCUT2D eigenvalue weighted by Gasteiger charge is -2.42. The first-order chi connectivity index (χ1) is 13.5. The van der Waals surface area contributed by atoms with Gasteiger partial charge in [0.1, 0.15) is 5.58 Å². The Bertz CT molecular complexity index is 1010. The van der Waals surface area contributed by atoms with Gasteiger partial charge in [0.2, 0.25) is 0 Å². The van der Waals surface area contributed by atoms with Crippen LogP contribution in [0.1, 0.15) is 54.6 Å². The van der Waals surface area contributed by atoms with Gasteiger partial charge in [-0.1, -0.05) is 30.9 Å². The molecular weight excluding hydrogens is 378 g/mol. The van der Waals surface area contributed by atoms with E-state index in [1.165, 1.54) is 6.42 Å². The Morgan fingerprint density at radius 1 is 1.18 bits per heavy atom. The highest BCUT2D eigenvalue weighted by Crippen LogP contribution is 2.49. The molecule has 2 atom stereocenters. The monoisotopic (exact) mass is 399 g/mol. The number of carbonyl (C=O) groups excluding carboxylic acids is 2. The number of anilines is 1. The zero-order valence-corrected chi connectivity index (χ0v) is 16.3. The van der Waals surface area contributed by atoms with Crippen molar-refractivity contribution in [2.45, 2.75) is 44.1 Å². The van der Waals surface area contributed by atoms with Crippen LogP contribution in [0.4, 0.5) is 10.5 Å². The third-order valence-electron chi connectivity index (χ3n) is 7.01. The number of furan rings is 1. The van der Waals surface area contributed by atoms with Crippen LogP contribution in [0.5, 0.6) is 0 Å². The second-order valence-electron chi connectivity index (χ2n) is 8.83. The van der Waals surface area contributed by atoms with Crippen LogP contribution >= 0.6 is 11.6 Å². The van der Waals surface area contributed by atoms with Crippen LogP contribution in [-0.2, 0) is 5.54 Å². The summed E-state index contributed by atoms with van der Waals surface area (Å²) >= 11 is 6.55. The third-order valence-corrected chi connectivity index (χ3v) is 7.31. The number of benzene rings is 1.